The molecule has 1 aromatic rings. The van der Waals surface area contributed by atoms with Crippen LogP contribution < -0.4 is 10.6 Å². The Morgan fingerprint density at radius 1 is 1.21 bits per heavy atom. The molecule has 162 valence electrons. The molecule has 1 amide bonds. The molecule has 0 aromatic heterocycles. The van der Waals surface area contributed by atoms with Crippen molar-refractivity contribution in [2.24, 2.45) is 16.3 Å². The highest BCUT2D eigenvalue weighted by Gasteiger charge is 2.35. The molecule has 6 nitrogen and oxygen atoms in total. The fourth-order valence-corrected chi connectivity index (χ4v) is 3.67. The number of carbonyl (C=O) groups excluding carboxylic acids is 1. The molecule has 0 radical (unpaired) electrons. The van der Waals surface area contributed by atoms with Crippen LogP contribution in [0.25, 0.3) is 0 Å². The highest BCUT2D eigenvalue weighted by atomic mass is 16.5. The molecule has 0 aliphatic carbocycles. The van der Waals surface area contributed by atoms with Crippen LogP contribution >= 0.6 is 0 Å². The summed E-state index contributed by atoms with van der Waals surface area (Å²) in [6.07, 6.45) is 3.35. The van der Waals surface area contributed by atoms with Gasteiger partial charge in [-0.3, -0.25) is 4.79 Å². The van der Waals surface area contributed by atoms with Crippen LogP contribution in [0.1, 0.15) is 39.2 Å². The van der Waals surface area contributed by atoms with Crippen LogP contribution in [0.2, 0.25) is 0 Å². The van der Waals surface area contributed by atoms with Crippen LogP contribution in [0.4, 0.5) is 0 Å². The molecule has 2 rings (SSSR count). The largest absolute Gasteiger partial charge is 0.377 e. The molecular formula is C23H38N4O2. The summed E-state index contributed by atoms with van der Waals surface area (Å²) in [5.74, 6) is 1.10. The number of nitrogens with one attached hydrogen (secondary N) is 2. The van der Waals surface area contributed by atoms with Gasteiger partial charge in [0.2, 0.25) is 5.91 Å². The minimum atomic E-state index is -0.0114. The monoisotopic (exact) mass is 402 g/mol. The molecule has 29 heavy (non-hydrogen) atoms. The van der Waals surface area contributed by atoms with E-state index < -0.39 is 0 Å². The zero-order valence-electron chi connectivity index (χ0n) is 18.7. The number of hydrogen-bond acceptors (Lipinski definition) is 3. The van der Waals surface area contributed by atoms with Gasteiger partial charge in [0.15, 0.2) is 5.96 Å². The van der Waals surface area contributed by atoms with Gasteiger partial charge >= 0.3 is 0 Å². The molecule has 0 bridgehead atoms. The molecule has 1 fully saturated rings. The standard InChI is InChI=1S/C23H38N4O2/c1-23(2,3)21-19(12-9-15-29-21)16-25-22(26-17-20(28)27(4)5)24-14-13-18-10-7-6-8-11-18/h6-8,10-11,19,21H,9,12-17H2,1-5H3,(H2,24,25,26). The second kappa shape index (κ2) is 11.2. The second-order valence-electron chi connectivity index (χ2n) is 9.06. The van der Waals surface area contributed by atoms with Gasteiger partial charge < -0.3 is 20.3 Å². The van der Waals surface area contributed by atoms with Gasteiger partial charge in [-0.1, -0.05) is 51.1 Å². The summed E-state index contributed by atoms with van der Waals surface area (Å²) in [4.78, 5) is 18.1. The smallest absolute Gasteiger partial charge is 0.243 e. The van der Waals surface area contributed by atoms with Crippen LogP contribution in [0.15, 0.2) is 35.3 Å². The first-order chi connectivity index (χ1) is 13.8. The Kier molecular flexibility index (Phi) is 8.96. The van der Waals surface area contributed by atoms with Gasteiger partial charge in [0, 0.05) is 39.7 Å². The third-order valence-corrected chi connectivity index (χ3v) is 5.25. The lowest BCUT2D eigenvalue weighted by atomic mass is 9.78. The fourth-order valence-electron chi connectivity index (χ4n) is 3.67. The molecule has 1 heterocycles. The number of hydrogen-bond donors (Lipinski definition) is 2. The quantitative estimate of drug-likeness (QED) is 0.544. The minimum Gasteiger partial charge on any atom is -0.377 e. The minimum absolute atomic E-state index is 0.0114. The van der Waals surface area contributed by atoms with Gasteiger partial charge in [-0.05, 0) is 30.2 Å². The van der Waals surface area contributed by atoms with E-state index in [0.29, 0.717) is 11.9 Å². The number of guanidine groups is 1. The first-order valence-corrected chi connectivity index (χ1v) is 10.6. The van der Waals surface area contributed by atoms with E-state index in [2.05, 4.69) is 48.5 Å². The van der Waals surface area contributed by atoms with Gasteiger partial charge in [-0.2, -0.15) is 0 Å². The van der Waals surface area contributed by atoms with Crippen molar-refractivity contribution in [3.63, 3.8) is 0 Å². The van der Waals surface area contributed by atoms with Gasteiger partial charge in [0.05, 0.1) is 6.10 Å². The third kappa shape index (κ3) is 8.05. The maximum absolute atomic E-state index is 12.0. The van der Waals surface area contributed by atoms with E-state index in [1.165, 1.54) is 5.56 Å². The number of carbonyl (C=O) groups is 1. The molecule has 2 atom stereocenters. The van der Waals surface area contributed by atoms with Crippen LogP contribution in [-0.4, -0.2) is 63.2 Å². The molecule has 0 saturated carbocycles. The molecule has 1 saturated heterocycles. The summed E-state index contributed by atoms with van der Waals surface area (Å²) in [7, 11) is 3.50. The summed E-state index contributed by atoms with van der Waals surface area (Å²) in [5.41, 5.74) is 1.38. The highest BCUT2D eigenvalue weighted by molar-refractivity contribution is 5.84. The molecule has 1 aliphatic heterocycles. The zero-order valence-corrected chi connectivity index (χ0v) is 18.7. The van der Waals surface area contributed by atoms with E-state index in [9.17, 15) is 4.79 Å². The molecule has 2 N–H and O–H groups in total. The number of likely N-dealkylation sites (N-methyl/N-ethyl adjacent to an activating group) is 1. The van der Waals surface area contributed by atoms with E-state index in [0.717, 1.165) is 39.0 Å². The van der Waals surface area contributed by atoms with Crippen LogP contribution in [-0.2, 0) is 16.0 Å². The topological polar surface area (TPSA) is 66.0 Å². The Morgan fingerprint density at radius 3 is 2.59 bits per heavy atom. The maximum Gasteiger partial charge on any atom is 0.243 e. The maximum atomic E-state index is 12.0. The molecular weight excluding hydrogens is 364 g/mol. The van der Waals surface area contributed by atoms with Crippen molar-refractivity contribution in [1.29, 1.82) is 0 Å². The number of aliphatic imine (C=N–C) groups is 1. The number of nitrogens with zero attached hydrogens (tertiary/aromatic N) is 2. The van der Waals surface area contributed by atoms with E-state index in [1.54, 1.807) is 19.0 Å². The molecule has 2 unspecified atom stereocenters. The highest BCUT2D eigenvalue weighted by Crippen LogP contribution is 2.33. The lowest BCUT2D eigenvalue weighted by Crippen LogP contribution is -2.48. The molecule has 1 aromatic carbocycles. The normalized spacial score (nSPS) is 20.2. The lowest BCUT2D eigenvalue weighted by Gasteiger charge is -2.40. The van der Waals surface area contributed by atoms with E-state index in [1.807, 2.05) is 18.2 Å². The number of ether oxygens (including phenoxy) is 1. The second-order valence-corrected chi connectivity index (χ2v) is 9.06. The predicted octanol–water partition coefficient (Wildman–Crippen LogP) is 2.69. The van der Waals surface area contributed by atoms with Crippen molar-refractivity contribution < 1.29 is 9.53 Å². The summed E-state index contributed by atoms with van der Waals surface area (Å²) in [5, 5.41) is 6.84. The van der Waals surface area contributed by atoms with E-state index in [4.69, 9.17) is 4.74 Å². The first-order valence-electron chi connectivity index (χ1n) is 10.6. The Morgan fingerprint density at radius 2 is 1.93 bits per heavy atom. The Labute approximate surface area is 176 Å². The van der Waals surface area contributed by atoms with Gasteiger partial charge in [-0.25, -0.2) is 4.99 Å². The predicted molar refractivity (Wildman–Crippen MR) is 119 cm³/mol. The van der Waals surface area contributed by atoms with Crippen LogP contribution in [0.5, 0.6) is 0 Å². The number of benzene rings is 1. The Hall–Kier alpha value is -2.08. The summed E-state index contributed by atoms with van der Waals surface area (Å²) in [6, 6.07) is 10.4. The van der Waals surface area contributed by atoms with Crippen molar-refractivity contribution in [3.05, 3.63) is 35.9 Å². The average molecular weight is 403 g/mol. The first kappa shape index (κ1) is 23.2. The molecule has 6 heteroatoms. The van der Waals surface area contributed by atoms with Crippen molar-refractivity contribution in [2.75, 3.05) is 40.3 Å². The van der Waals surface area contributed by atoms with Crippen LogP contribution in [0.3, 0.4) is 0 Å². The van der Waals surface area contributed by atoms with E-state index in [-0.39, 0.29) is 24.0 Å². The number of amides is 1. The van der Waals surface area contributed by atoms with E-state index >= 15 is 0 Å². The Balaban J connectivity index is 1.96. The van der Waals surface area contributed by atoms with Gasteiger partial charge in [-0.15, -0.1) is 0 Å². The lowest BCUT2D eigenvalue weighted by molar-refractivity contribution is -0.127. The van der Waals surface area contributed by atoms with Crippen molar-refractivity contribution in [3.8, 4) is 0 Å². The summed E-state index contributed by atoms with van der Waals surface area (Å²) < 4.78 is 6.09. The van der Waals surface area contributed by atoms with Crippen molar-refractivity contribution in [2.45, 2.75) is 46.1 Å². The SMILES string of the molecule is CN(C)C(=O)CN=C(NCCc1ccccc1)NCC1CCCOC1C(C)(C)C. The summed E-state index contributed by atoms with van der Waals surface area (Å²) in [6.45, 7) is 9.23. The van der Waals surface area contributed by atoms with Crippen molar-refractivity contribution in [1.82, 2.24) is 15.5 Å². The van der Waals surface area contributed by atoms with Gasteiger partial charge in [0.1, 0.15) is 6.54 Å². The van der Waals surface area contributed by atoms with Crippen molar-refractivity contribution >= 4 is 11.9 Å². The van der Waals surface area contributed by atoms with Crippen LogP contribution in [0, 0.1) is 11.3 Å². The average Bonchev–Trinajstić information content (AvgIpc) is 2.69. The number of rotatable bonds is 7. The Bertz CT molecular complexity index is 653. The zero-order chi connectivity index (χ0) is 21.3. The fraction of sp³-hybridized carbons (Fsp3) is 0.652. The third-order valence-electron chi connectivity index (χ3n) is 5.25. The summed E-state index contributed by atoms with van der Waals surface area (Å²) >= 11 is 0. The molecule has 1 aliphatic rings. The molecule has 0 spiro atoms. The van der Waals surface area contributed by atoms with Gasteiger partial charge in [0.25, 0.3) is 0 Å².